The number of fused-ring (bicyclic) bond motifs is 1. The van der Waals surface area contributed by atoms with Gasteiger partial charge in [0.15, 0.2) is 11.3 Å². The summed E-state index contributed by atoms with van der Waals surface area (Å²) in [5.74, 6) is 0.763. The highest BCUT2D eigenvalue weighted by Crippen LogP contribution is 2.51. The van der Waals surface area contributed by atoms with Crippen molar-refractivity contribution in [2.24, 2.45) is 0 Å². The second kappa shape index (κ2) is 5.29. The van der Waals surface area contributed by atoms with Crippen LogP contribution < -0.4 is 4.74 Å². The third-order valence-corrected chi connectivity index (χ3v) is 5.70. The van der Waals surface area contributed by atoms with E-state index in [9.17, 15) is 0 Å². The first kappa shape index (κ1) is 15.6. The molecule has 28 heavy (non-hydrogen) atoms. The summed E-state index contributed by atoms with van der Waals surface area (Å²) in [6.07, 6.45) is 0. The molecular formula is C25H18O3. The van der Waals surface area contributed by atoms with Gasteiger partial charge in [-0.1, -0.05) is 38.1 Å². The zero-order chi connectivity index (χ0) is 19.0. The second-order valence-corrected chi connectivity index (χ2v) is 6.88. The van der Waals surface area contributed by atoms with Crippen molar-refractivity contribution in [3.8, 4) is 16.9 Å². The van der Waals surface area contributed by atoms with Gasteiger partial charge in [-0.05, 0) is 46.8 Å². The van der Waals surface area contributed by atoms with Crippen molar-refractivity contribution in [2.45, 2.75) is 13.8 Å². The Kier molecular flexibility index (Phi) is 2.95. The topological polar surface area (TPSA) is 35.5 Å². The van der Waals surface area contributed by atoms with Crippen LogP contribution >= 0.6 is 0 Å². The van der Waals surface area contributed by atoms with E-state index >= 15 is 0 Å². The molecule has 6 aromatic rings. The van der Waals surface area contributed by atoms with E-state index in [1.165, 1.54) is 27.1 Å². The standard InChI is InChI=1S/C23H12O3.C2H6/c1-24-17-10-7-13-12-3-2-4-14-19(12)21-15(25-14)8-5-11-6-9-16-22(18(11)21)20(13)23(17)26-16;1-2/h2-10H,1H3;1-2H3. The van der Waals surface area contributed by atoms with E-state index in [1.807, 2.05) is 26.0 Å². The monoisotopic (exact) mass is 366 g/mol. The van der Waals surface area contributed by atoms with Crippen molar-refractivity contribution in [2.75, 3.05) is 7.11 Å². The van der Waals surface area contributed by atoms with E-state index in [0.717, 1.165) is 44.4 Å². The van der Waals surface area contributed by atoms with E-state index in [0.29, 0.717) is 0 Å². The molecule has 3 heteroatoms. The lowest BCUT2D eigenvalue weighted by Gasteiger charge is -2.07. The Hall–Kier alpha value is -3.46. The number of furan rings is 2. The van der Waals surface area contributed by atoms with Gasteiger partial charge >= 0.3 is 0 Å². The summed E-state index contributed by atoms with van der Waals surface area (Å²) in [6, 6.07) is 18.8. The van der Waals surface area contributed by atoms with E-state index < -0.39 is 0 Å². The van der Waals surface area contributed by atoms with Crippen LogP contribution in [-0.4, -0.2) is 7.11 Å². The molecular weight excluding hydrogens is 348 g/mol. The SMILES string of the molecule is CC.COc1ccc2c3c1oc1ccc4ccc5oc6cccc-2c6c5c4c13. The molecule has 0 amide bonds. The summed E-state index contributed by atoms with van der Waals surface area (Å²) in [5.41, 5.74) is 5.88. The molecule has 0 bridgehead atoms. The van der Waals surface area contributed by atoms with Gasteiger partial charge in [-0.3, -0.25) is 0 Å². The van der Waals surface area contributed by atoms with Crippen molar-refractivity contribution in [3.05, 3.63) is 54.6 Å². The Morgan fingerprint density at radius 2 is 1.29 bits per heavy atom. The average Bonchev–Trinajstić information content (AvgIpc) is 3.29. The lowest BCUT2D eigenvalue weighted by molar-refractivity contribution is 0.412. The van der Waals surface area contributed by atoms with Gasteiger partial charge in [-0.2, -0.15) is 0 Å². The number of hydrogen-bond donors (Lipinski definition) is 0. The zero-order valence-electron chi connectivity index (χ0n) is 15.9. The lowest BCUT2D eigenvalue weighted by atomic mass is 9.98. The van der Waals surface area contributed by atoms with Crippen molar-refractivity contribution in [1.29, 1.82) is 0 Å². The van der Waals surface area contributed by atoms with Crippen LogP contribution in [0.5, 0.6) is 5.75 Å². The summed E-state index contributed by atoms with van der Waals surface area (Å²) >= 11 is 0. The smallest absolute Gasteiger partial charge is 0.177 e. The molecule has 0 saturated heterocycles. The minimum Gasteiger partial charge on any atom is -0.493 e. The molecule has 0 N–H and O–H groups in total. The van der Waals surface area contributed by atoms with Crippen LogP contribution in [0.4, 0.5) is 0 Å². The van der Waals surface area contributed by atoms with E-state index in [2.05, 4.69) is 42.5 Å². The van der Waals surface area contributed by atoms with Crippen LogP contribution in [0.15, 0.2) is 63.4 Å². The maximum absolute atomic E-state index is 6.26. The number of hydrogen-bond acceptors (Lipinski definition) is 3. The fraction of sp³-hybridized carbons (Fsp3) is 0.120. The normalized spacial score (nSPS) is 12.1. The Morgan fingerprint density at radius 1 is 0.607 bits per heavy atom. The molecule has 0 atom stereocenters. The van der Waals surface area contributed by atoms with Crippen LogP contribution in [0, 0.1) is 0 Å². The van der Waals surface area contributed by atoms with Gasteiger partial charge in [-0.25, -0.2) is 0 Å². The Morgan fingerprint density at radius 3 is 2.07 bits per heavy atom. The predicted molar refractivity (Wildman–Crippen MR) is 115 cm³/mol. The van der Waals surface area contributed by atoms with Gasteiger partial charge in [0.05, 0.1) is 7.11 Å². The number of rotatable bonds is 1. The third kappa shape index (κ3) is 1.65. The van der Waals surface area contributed by atoms with Gasteiger partial charge in [0, 0.05) is 26.9 Å². The molecule has 0 unspecified atom stereocenters. The van der Waals surface area contributed by atoms with Crippen LogP contribution in [0.3, 0.4) is 0 Å². The minimum atomic E-state index is 0.763. The maximum atomic E-state index is 6.26. The van der Waals surface area contributed by atoms with E-state index in [1.54, 1.807) is 7.11 Å². The fourth-order valence-corrected chi connectivity index (χ4v) is 4.67. The van der Waals surface area contributed by atoms with E-state index in [4.69, 9.17) is 13.6 Å². The number of ether oxygens (including phenoxy) is 1. The molecule has 0 aliphatic heterocycles. The van der Waals surface area contributed by atoms with Gasteiger partial charge in [-0.15, -0.1) is 0 Å². The Labute approximate surface area is 161 Å². The second-order valence-electron chi connectivity index (χ2n) is 6.88. The van der Waals surface area contributed by atoms with Gasteiger partial charge in [0.25, 0.3) is 0 Å². The summed E-state index contributed by atoms with van der Waals surface area (Å²) in [5, 5.41) is 7.04. The largest absolute Gasteiger partial charge is 0.493 e. The molecule has 136 valence electrons. The highest BCUT2D eigenvalue weighted by atomic mass is 16.5. The summed E-state index contributed by atoms with van der Waals surface area (Å²) in [7, 11) is 1.69. The fourth-order valence-electron chi connectivity index (χ4n) is 4.67. The maximum Gasteiger partial charge on any atom is 0.177 e. The molecule has 4 aromatic carbocycles. The molecule has 7 rings (SSSR count). The summed E-state index contributed by atoms with van der Waals surface area (Å²) < 4.78 is 18.0. The van der Waals surface area contributed by atoms with Gasteiger partial charge in [0.1, 0.15) is 16.7 Å². The first-order chi connectivity index (χ1) is 13.8. The van der Waals surface area contributed by atoms with Crippen LogP contribution in [-0.2, 0) is 0 Å². The third-order valence-electron chi connectivity index (χ3n) is 5.70. The minimum absolute atomic E-state index is 0.763. The van der Waals surface area contributed by atoms with Crippen molar-refractivity contribution < 1.29 is 13.6 Å². The van der Waals surface area contributed by atoms with Crippen LogP contribution in [0.1, 0.15) is 13.8 Å². The highest BCUT2D eigenvalue weighted by Gasteiger charge is 2.26. The molecule has 0 radical (unpaired) electrons. The van der Waals surface area contributed by atoms with Crippen molar-refractivity contribution in [3.63, 3.8) is 0 Å². The molecule has 2 heterocycles. The number of benzene rings is 4. The summed E-state index contributed by atoms with van der Waals surface area (Å²) in [4.78, 5) is 0. The molecule has 0 fully saturated rings. The quantitative estimate of drug-likeness (QED) is 0.299. The zero-order valence-corrected chi connectivity index (χ0v) is 15.9. The van der Waals surface area contributed by atoms with Crippen molar-refractivity contribution in [1.82, 2.24) is 0 Å². The van der Waals surface area contributed by atoms with Crippen LogP contribution in [0.25, 0.3) is 65.8 Å². The average molecular weight is 366 g/mol. The predicted octanol–water partition coefficient (Wildman–Crippen LogP) is 7.65. The Bertz CT molecular complexity index is 1560. The Balaban J connectivity index is 0.000000756. The van der Waals surface area contributed by atoms with Crippen LogP contribution in [0.2, 0.25) is 0 Å². The first-order valence-corrected chi connectivity index (χ1v) is 9.65. The molecule has 1 aliphatic carbocycles. The molecule has 1 aliphatic rings. The molecule has 2 aromatic heterocycles. The van der Waals surface area contributed by atoms with Gasteiger partial charge in [0.2, 0.25) is 0 Å². The van der Waals surface area contributed by atoms with Gasteiger partial charge < -0.3 is 13.6 Å². The lowest BCUT2D eigenvalue weighted by Crippen LogP contribution is -1.85. The van der Waals surface area contributed by atoms with Crippen molar-refractivity contribution >= 4 is 54.6 Å². The molecule has 3 nitrogen and oxygen atoms in total. The highest BCUT2D eigenvalue weighted by molar-refractivity contribution is 6.37. The summed E-state index contributed by atoms with van der Waals surface area (Å²) in [6.45, 7) is 4.00. The van der Waals surface area contributed by atoms with E-state index in [-0.39, 0.29) is 0 Å². The molecule has 0 saturated carbocycles. The molecule has 0 spiro atoms. The number of methoxy groups -OCH3 is 1. The first-order valence-electron chi connectivity index (χ1n) is 9.65.